The van der Waals surface area contributed by atoms with E-state index in [1.54, 1.807) is 27.7 Å². The Morgan fingerprint density at radius 2 is 1.25 bits per heavy atom. The summed E-state index contributed by atoms with van der Waals surface area (Å²) in [6, 6.07) is 8.98. The normalized spacial score (nSPS) is 11.9. The van der Waals surface area contributed by atoms with E-state index in [0.29, 0.717) is 22.6 Å². The SMILES string of the molecule is Cc1cc(NS(=O)(=O)c2ccc(NS(=O)(=O)c3c(C)c(C)cc(C)c3C)cc2)nc(C)n1. The topological polar surface area (TPSA) is 118 Å². The molecular formula is C22H26N4O4S2. The summed E-state index contributed by atoms with van der Waals surface area (Å²) in [7, 11) is -7.76. The van der Waals surface area contributed by atoms with Crippen LogP contribution in [-0.2, 0) is 20.0 Å². The van der Waals surface area contributed by atoms with Crippen molar-refractivity contribution in [1.82, 2.24) is 9.97 Å². The van der Waals surface area contributed by atoms with E-state index in [0.717, 1.165) is 11.1 Å². The average molecular weight is 475 g/mol. The number of aromatic nitrogens is 2. The molecule has 1 aromatic heterocycles. The second-order valence-corrected chi connectivity index (χ2v) is 11.1. The fourth-order valence-electron chi connectivity index (χ4n) is 3.46. The molecule has 170 valence electrons. The molecular weight excluding hydrogens is 448 g/mol. The van der Waals surface area contributed by atoms with Gasteiger partial charge in [0.2, 0.25) is 0 Å². The molecule has 0 bridgehead atoms. The molecule has 32 heavy (non-hydrogen) atoms. The molecule has 0 spiro atoms. The van der Waals surface area contributed by atoms with Gasteiger partial charge in [-0.15, -0.1) is 0 Å². The van der Waals surface area contributed by atoms with Crippen LogP contribution in [0.4, 0.5) is 11.5 Å². The predicted molar refractivity (Wildman–Crippen MR) is 125 cm³/mol. The average Bonchev–Trinajstić information content (AvgIpc) is 2.65. The lowest BCUT2D eigenvalue weighted by atomic mass is 10.0. The molecule has 0 saturated heterocycles. The van der Waals surface area contributed by atoms with Gasteiger partial charge in [0, 0.05) is 17.4 Å². The Labute approximate surface area is 189 Å². The number of hydrogen-bond acceptors (Lipinski definition) is 6. The van der Waals surface area contributed by atoms with Crippen LogP contribution >= 0.6 is 0 Å². The Morgan fingerprint density at radius 3 is 1.78 bits per heavy atom. The number of rotatable bonds is 6. The van der Waals surface area contributed by atoms with Crippen LogP contribution in [0.25, 0.3) is 0 Å². The van der Waals surface area contributed by atoms with E-state index in [2.05, 4.69) is 19.4 Å². The first-order valence-electron chi connectivity index (χ1n) is 9.85. The quantitative estimate of drug-likeness (QED) is 0.559. The molecule has 2 aromatic carbocycles. The van der Waals surface area contributed by atoms with Crippen LogP contribution in [0.1, 0.15) is 33.8 Å². The Balaban J connectivity index is 1.87. The van der Waals surface area contributed by atoms with Gasteiger partial charge < -0.3 is 0 Å². The van der Waals surface area contributed by atoms with E-state index in [1.807, 2.05) is 19.9 Å². The van der Waals surface area contributed by atoms with Gasteiger partial charge in [0.1, 0.15) is 11.6 Å². The number of hydrogen-bond donors (Lipinski definition) is 2. The summed E-state index contributed by atoms with van der Waals surface area (Å²) in [4.78, 5) is 8.42. The maximum atomic E-state index is 13.1. The highest BCUT2D eigenvalue weighted by Gasteiger charge is 2.23. The maximum Gasteiger partial charge on any atom is 0.263 e. The lowest BCUT2D eigenvalue weighted by molar-refractivity contribution is 0.599. The monoisotopic (exact) mass is 474 g/mol. The minimum absolute atomic E-state index is 0.0203. The molecule has 0 atom stereocenters. The zero-order chi connectivity index (χ0) is 23.8. The minimum atomic E-state index is -3.90. The van der Waals surface area contributed by atoms with Gasteiger partial charge >= 0.3 is 0 Å². The molecule has 1 heterocycles. The molecule has 0 unspecified atom stereocenters. The summed E-state index contributed by atoms with van der Waals surface area (Å²) < 4.78 is 56.5. The van der Waals surface area contributed by atoms with Crippen LogP contribution in [-0.4, -0.2) is 26.8 Å². The third-order valence-corrected chi connectivity index (χ3v) is 8.21. The lowest BCUT2D eigenvalue weighted by Gasteiger charge is -2.17. The van der Waals surface area contributed by atoms with Crippen LogP contribution in [0, 0.1) is 41.5 Å². The van der Waals surface area contributed by atoms with E-state index in [-0.39, 0.29) is 21.3 Å². The Kier molecular flexibility index (Phi) is 6.30. The first-order chi connectivity index (χ1) is 14.8. The van der Waals surface area contributed by atoms with Crippen LogP contribution in [0.5, 0.6) is 0 Å². The Morgan fingerprint density at radius 1 is 0.688 bits per heavy atom. The van der Waals surface area contributed by atoms with Gasteiger partial charge in [-0.05, 0) is 88.1 Å². The summed E-state index contributed by atoms with van der Waals surface area (Å²) in [5, 5.41) is 0. The van der Waals surface area contributed by atoms with E-state index in [1.165, 1.54) is 30.3 Å². The van der Waals surface area contributed by atoms with Gasteiger partial charge in [0.15, 0.2) is 0 Å². The first kappa shape index (κ1) is 23.7. The highest BCUT2D eigenvalue weighted by molar-refractivity contribution is 7.93. The molecule has 3 aromatic rings. The standard InChI is InChI=1S/C22H26N4O4S2/c1-13-11-14(2)17(5)22(16(13)4)32(29,30)25-19-7-9-20(10-8-19)31(27,28)26-21-12-15(3)23-18(6)24-21/h7-12,25H,1-6H3,(H,23,24,26). The van der Waals surface area contributed by atoms with Gasteiger partial charge in [-0.1, -0.05) is 6.07 Å². The zero-order valence-corrected chi connectivity index (χ0v) is 20.4. The molecule has 2 N–H and O–H groups in total. The molecule has 3 rings (SSSR count). The number of sulfonamides is 2. The van der Waals surface area contributed by atoms with E-state index in [4.69, 9.17) is 0 Å². The van der Waals surface area contributed by atoms with Crippen molar-refractivity contribution in [2.75, 3.05) is 9.44 Å². The number of nitrogens with zero attached hydrogens (tertiary/aromatic N) is 2. The third kappa shape index (κ3) is 4.91. The van der Waals surface area contributed by atoms with Gasteiger partial charge in [-0.2, -0.15) is 0 Å². The summed E-state index contributed by atoms with van der Waals surface area (Å²) in [5.41, 5.74) is 4.03. The number of anilines is 2. The Hall–Kier alpha value is -2.98. The molecule has 0 amide bonds. The fraction of sp³-hybridized carbons (Fsp3) is 0.273. The second kappa shape index (κ2) is 8.51. The molecule has 0 fully saturated rings. The van der Waals surface area contributed by atoms with E-state index >= 15 is 0 Å². The molecule has 0 aliphatic carbocycles. The summed E-state index contributed by atoms with van der Waals surface area (Å²) >= 11 is 0. The smallest absolute Gasteiger partial charge is 0.263 e. The van der Waals surface area contributed by atoms with E-state index < -0.39 is 20.0 Å². The van der Waals surface area contributed by atoms with Gasteiger partial charge in [0.05, 0.1) is 9.79 Å². The highest BCUT2D eigenvalue weighted by atomic mass is 32.2. The molecule has 0 radical (unpaired) electrons. The van der Waals surface area contributed by atoms with Crippen molar-refractivity contribution in [2.45, 2.75) is 51.3 Å². The largest absolute Gasteiger partial charge is 0.280 e. The van der Waals surface area contributed by atoms with Crippen LogP contribution in [0.2, 0.25) is 0 Å². The summed E-state index contributed by atoms with van der Waals surface area (Å²) in [6.07, 6.45) is 0. The molecule has 0 aliphatic heterocycles. The van der Waals surface area contributed by atoms with Crippen LogP contribution in [0.15, 0.2) is 46.2 Å². The summed E-state index contributed by atoms with van der Waals surface area (Å²) in [6.45, 7) is 10.7. The van der Waals surface area contributed by atoms with Crippen molar-refractivity contribution in [1.29, 1.82) is 0 Å². The Bertz CT molecular complexity index is 1350. The zero-order valence-electron chi connectivity index (χ0n) is 18.8. The number of benzene rings is 2. The minimum Gasteiger partial charge on any atom is -0.280 e. The fourth-order valence-corrected chi connectivity index (χ4v) is 6.13. The van der Waals surface area contributed by atoms with Crippen LogP contribution in [0.3, 0.4) is 0 Å². The second-order valence-electron chi connectivity index (χ2n) is 7.77. The maximum absolute atomic E-state index is 13.1. The summed E-state index contributed by atoms with van der Waals surface area (Å²) in [5.74, 6) is 0.616. The third-order valence-electron chi connectivity index (χ3n) is 5.19. The van der Waals surface area contributed by atoms with E-state index in [9.17, 15) is 16.8 Å². The highest BCUT2D eigenvalue weighted by Crippen LogP contribution is 2.28. The molecule has 0 saturated carbocycles. The molecule has 0 aliphatic rings. The van der Waals surface area contributed by atoms with Crippen LogP contribution < -0.4 is 9.44 Å². The van der Waals surface area contributed by atoms with Crippen molar-refractivity contribution in [3.05, 3.63) is 70.2 Å². The van der Waals surface area contributed by atoms with Crippen molar-refractivity contribution < 1.29 is 16.8 Å². The number of nitrogens with one attached hydrogen (secondary N) is 2. The first-order valence-corrected chi connectivity index (χ1v) is 12.8. The molecule has 10 heteroatoms. The van der Waals surface area contributed by atoms with Crippen molar-refractivity contribution in [2.24, 2.45) is 0 Å². The van der Waals surface area contributed by atoms with Gasteiger partial charge in [-0.25, -0.2) is 26.8 Å². The molecule has 8 nitrogen and oxygen atoms in total. The predicted octanol–water partition coefficient (Wildman–Crippen LogP) is 3.93. The van der Waals surface area contributed by atoms with Crippen molar-refractivity contribution in [3.63, 3.8) is 0 Å². The van der Waals surface area contributed by atoms with Crippen molar-refractivity contribution >= 4 is 31.6 Å². The lowest BCUT2D eigenvalue weighted by Crippen LogP contribution is -2.17. The van der Waals surface area contributed by atoms with Crippen molar-refractivity contribution in [3.8, 4) is 0 Å². The van der Waals surface area contributed by atoms with Gasteiger partial charge in [0.25, 0.3) is 20.0 Å². The van der Waals surface area contributed by atoms with Gasteiger partial charge in [-0.3, -0.25) is 9.44 Å². The number of aryl methyl sites for hydroxylation is 4.